The maximum Gasteiger partial charge on any atom is 0.220 e. The van der Waals surface area contributed by atoms with Crippen LogP contribution in [0.1, 0.15) is 37.8 Å². The summed E-state index contributed by atoms with van der Waals surface area (Å²) in [5, 5.41) is 5.64. The summed E-state index contributed by atoms with van der Waals surface area (Å²) in [5.41, 5.74) is 14.9. The van der Waals surface area contributed by atoms with Crippen molar-refractivity contribution in [2.24, 2.45) is 28.5 Å². The molecule has 4 N–H and O–H groups in total. The van der Waals surface area contributed by atoms with Crippen molar-refractivity contribution in [2.75, 3.05) is 4.90 Å². The smallest absolute Gasteiger partial charge is 0.220 e. The first kappa shape index (κ1) is 15.0. The van der Waals surface area contributed by atoms with Crippen LogP contribution < -0.4 is 16.4 Å². The lowest BCUT2D eigenvalue weighted by Gasteiger charge is -2.45. The molecule has 0 unspecified atom stereocenters. The molecule has 1 aliphatic carbocycles. The number of nitrogens with two attached hydrogens (primary N) is 2. The molecule has 1 spiro atoms. The number of aromatic nitrogens is 2. The Kier molecular flexibility index (Phi) is 3.26. The van der Waals surface area contributed by atoms with Crippen LogP contribution in [0.2, 0.25) is 0 Å². The van der Waals surface area contributed by atoms with Crippen LogP contribution in [0.25, 0.3) is 10.9 Å². The molecule has 7 heteroatoms. The van der Waals surface area contributed by atoms with Crippen molar-refractivity contribution in [1.82, 2.24) is 9.78 Å². The fraction of sp³-hybridized carbons (Fsp3) is 0.471. The molecule has 24 heavy (non-hydrogen) atoms. The Morgan fingerprint density at radius 2 is 1.88 bits per heavy atom. The number of aliphatic imine (C=N–C) groups is 2. The van der Waals surface area contributed by atoms with Crippen LogP contribution in [0.15, 0.2) is 28.2 Å². The minimum atomic E-state index is -0.405. The highest BCUT2D eigenvalue weighted by Crippen LogP contribution is 2.40. The van der Waals surface area contributed by atoms with E-state index in [-0.39, 0.29) is 5.96 Å². The first-order valence-electron chi connectivity index (χ1n) is 8.43. The van der Waals surface area contributed by atoms with Gasteiger partial charge < -0.3 is 11.5 Å². The molecule has 126 valence electrons. The molecule has 1 aliphatic heterocycles. The van der Waals surface area contributed by atoms with E-state index in [0.717, 1.165) is 48.0 Å². The van der Waals surface area contributed by atoms with E-state index in [1.54, 1.807) is 0 Å². The summed E-state index contributed by atoms with van der Waals surface area (Å²) in [5.74, 6) is 0.703. The van der Waals surface area contributed by atoms with Crippen molar-refractivity contribution in [1.29, 1.82) is 0 Å². The fourth-order valence-corrected chi connectivity index (χ4v) is 3.95. The van der Waals surface area contributed by atoms with Crippen LogP contribution in [0.4, 0.5) is 5.69 Å². The van der Waals surface area contributed by atoms with Gasteiger partial charge in [0.05, 0.1) is 5.52 Å². The minimum absolute atomic E-state index is 0.282. The summed E-state index contributed by atoms with van der Waals surface area (Å²) in [6, 6.07) is 6.21. The molecule has 0 atom stereocenters. The van der Waals surface area contributed by atoms with Crippen LogP contribution in [0.3, 0.4) is 0 Å². The number of hydrogen-bond acceptors (Lipinski definition) is 6. The van der Waals surface area contributed by atoms with Crippen molar-refractivity contribution < 1.29 is 0 Å². The van der Waals surface area contributed by atoms with E-state index in [1.165, 1.54) is 6.42 Å². The van der Waals surface area contributed by atoms with E-state index in [9.17, 15) is 0 Å². The van der Waals surface area contributed by atoms with Crippen molar-refractivity contribution in [3.05, 3.63) is 23.9 Å². The predicted octanol–water partition coefficient (Wildman–Crippen LogP) is 1.99. The largest absolute Gasteiger partial charge is 0.369 e. The molecule has 0 saturated heterocycles. The van der Waals surface area contributed by atoms with Crippen LogP contribution in [0, 0.1) is 6.92 Å². The van der Waals surface area contributed by atoms with Gasteiger partial charge in [0, 0.05) is 23.8 Å². The number of nitrogens with zero attached hydrogens (tertiary/aromatic N) is 5. The zero-order valence-corrected chi connectivity index (χ0v) is 14.2. The van der Waals surface area contributed by atoms with Gasteiger partial charge >= 0.3 is 0 Å². The molecule has 1 aromatic carbocycles. The second-order valence-corrected chi connectivity index (χ2v) is 6.73. The standard InChI is InChI=1S/C17H23N7/c1-11-13-10-12(6-7-14(13)22-23(11)2)24-16(19)20-15(18)21-17(24)8-4-3-5-9-17/h6-7,10H,3-5,8-9H2,1-2H3,(H4,18,19,20,21). The van der Waals surface area contributed by atoms with E-state index in [4.69, 9.17) is 16.5 Å². The Hall–Kier alpha value is -2.57. The predicted molar refractivity (Wildman–Crippen MR) is 97.0 cm³/mol. The highest BCUT2D eigenvalue weighted by molar-refractivity contribution is 6.06. The molecule has 1 fully saturated rings. The molecular weight excluding hydrogens is 302 g/mol. The molecule has 1 aromatic heterocycles. The lowest BCUT2D eigenvalue weighted by atomic mass is 9.87. The van der Waals surface area contributed by atoms with Crippen molar-refractivity contribution in [3.8, 4) is 0 Å². The van der Waals surface area contributed by atoms with Gasteiger partial charge in [0.2, 0.25) is 11.9 Å². The summed E-state index contributed by atoms with van der Waals surface area (Å²) >= 11 is 0. The van der Waals surface area contributed by atoms with Crippen molar-refractivity contribution in [3.63, 3.8) is 0 Å². The Labute approximate surface area is 141 Å². The summed E-state index contributed by atoms with van der Waals surface area (Å²) in [6.45, 7) is 2.07. The third-order valence-electron chi connectivity index (χ3n) is 5.22. The van der Waals surface area contributed by atoms with Crippen molar-refractivity contribution in [2.45, 2.75) is 44.7 Å². The Morgan fingerprint density at radius 1 is 1.12 bits per heavy atom. The quantitative estimate of drug-likeness (QED) is 0.837. The van der Waals surface area contributed by atoms with Gasteiger partial charge in [0.15, 0.2) is 0 Å². The van der Waals surface area contributed by atoms with E-state index in [2.05, 4.69) is 28.0 Å². The number of guanidine groups is 2. The van der Waals surface area contributed by atoms with Gasteiger partial charge in [-0.15, -0.1) is 0 Å². The maximum atomic E-state index is 6.29. The zero-order valence-electron chi connectivity index (χ0n) is 14.2. The van der Waals surface area contributed by atoms with Crippen LogP contribution >= 0.6 is 0 Å². The molecule has 0 amide bonds. The topological polar surface area (TPSA) is 97.8 Å². The van der Waals surface area contributed by atoms with Crippen LogP contribution in [0.5, 0.6) is 0 Å². The van der Waals surface area contributed by atoms with Gasteiger partial charge in [0.1, 0.15) is 5.66 Å². The summed E-state index contributed by atoms with van der Waals surface area (Å²) in [6.07, 6.45) is 5.34. The molecule has 2 aliphatic rings. The molecule has 7 nitrogen and oxygen atoms in total. The first-order chi connectivity index (χ1) is 11.5. The van der Waals surface area contributed by atoms with Crippen molar-refractivity contribution >= 4 is 28.5 Å². The summed E-state index contributed by atoms with van der Waals surface area (Å²) in [4.78, 5) is 11.0. The van der Waals surface area contributed by atoms with Crippen LogP contribution in [-0.2, 0) is 7.05 Å². The summed E-state index contributed by atoms with van der Waals surface area (Å²) in [7, 11) is 1.96. The van der Waals surface area contributed by atoms with Gasteiger partial charge in [0.25, 0.3) is 0 Å². The van der Waals surface area contributed by atoms with E-state index >= 15 is 0 Å². The number of aryl methyl sites for hydroxylation is 2. The summed E-state index contributed by atoms with van der Waals surface area (Å²) < 4.78 is 1.90. The lowest BCUT2D eigenvalue weighted by Crippen LogP contribution is -2.58. The number of benzene rings is 1. The zero-order chi connectivity index (χ0) is 16.9. The molecule has 0 bridgehead atoms. The number of hydrogen-bond donors (Lipinski definition) is 2. The lowest BCUT2D eigenvalue weighted by molar-refractivity contribution is 0.305. The fourth-order valence-electron chi connectivity index (χ4n) is 3.95. The van der Waals surface area contributed by atoms with Gasteiger partial charge in [-0.2, -0.15) is 10.1 Å². The van der Waals surface area contributed by atoms with E-state index in [0.29, 0.717) is 5.96 Å². The molecule has 4 rings (SSSR count). The van der Waals surface area contributed by atoms with Gasteiger partial charge in [-0.1, -0.05) is 6.42 Å². The third kappa shape index (κ3) is 2.15. The molecule has 2 aromatic rings. The molecule has 0 radical (unpaired) electrons. The van der Waals surface area contributed by atoms with Gasteiger partial charge in [-0.3, -0.25) is 9.58 Å². The third-order valence-corrected chi connectivity index (χ3v) is 5.22. The SMILES string of the molecule is Cc1c2cc(N3C(N)=NC(N)=NC34CCCCC4)ccc2nn1C. The normalized spacial score (nSPS) is 20.3. The molecule has 1 saturated carbocycles. The second-order valence-electron chi connectivity index (χ2n) is 6.73. The monoisotopic (exact) mass is 325 g/mol. The Balaban J connectivity index is 1.86. The first-order valence-corrected chi connectivity index (χ1v) is 8.43. The molecular formula is C17H23N7. The molecule has 2 heterocycles. The minimum Gasteiger partial charge on any atom is -0.369 e. The number of rotatable bonds is 1. The highest BCUT2D eigenvalue weighted by Gasteiger charge is 2.42. The number of anilines is 1. The van der Waals surface area contributed by atoms with Gasteiger partial charge in [-0.05, 0) is 50.8 Å². The second kappa shape index (κ2) is 5.22. The Bertz CT molecular complexity index is 855. The average Bonchev–Trinajstić information content (AvgIpc) is 2.82. The van der Waals surface area contributed by atoms with Gasteiger partial charge in [-0.25, -0.2) is 4.99 Å². The van der Waals surface area contributed by atoms with E-state index < -0.39 is 5.66 Å². The maximum absolute atomic E-state index is 6.29. The van der Waals surface area contributed by atoms with E-state index in [1.807, 2.05) is 23.9 Å². The average molecular weight is 325 g/mol. The van der Waals surface area contributed by atoms with Crippen LogP contribution in [-0.4, -0.2) is 27.4 Å². The Morgan fingerprint density at radius 3 is 2.62 bits per heavy atom. The highest BCUT2D eigenvalue weighted by atomic mass is 15.4. The number of fused-ring (bicyclic) bond motifs is 1.